The van der Waals surface area contributed by atoms with Gasteiger partial charge in [-0.3, -0.25) is 0 Å². The lowest BCUT2D eigenvalue weighted by Gasteiger charge is -2.12. The molecule has 1 aromatic carbocycles. The molecule has 21 heavy (non-hydrogen) atoms. The van der Waals surface area contributed by atoms with E-state index in [-0.39, 0.29) is 12.1 Å². The van der Waals surface area contributed by atoms with Crippen LogP contribution in [-0.2, 0) is 17.5 Å². The Morgan fingerprint density at radius 3 is 2.48 bits per heavy atom. The summed E-state index contributed by atoms with van der Waals surface area (Å²) < 4.78 is 56.2. The van der Waals surface area contributed by atoms with E-state index in [9.17, 15) is 17.6 Å². The molecule has 3 nitrogen and oxygen atoms in total. The van der Waals surface area contributed by atoms with Crippen LogP contribution in [0.15, 0.2) is 18.2 Å². The number of ether oxygens (including phenoxy) is 1. The maximum atomic E-state index is 13.7. The first-order chi connectivity index (χ1) is 9.96. The van der Waals surface area contributed by atoms with Gasteiger partial charge >= 0.3 is 6.18 Å². The van der Waals surface area contributed by atoms with Gasteiger partial charge in [-0.15, -0.1) is 0 Å². The maximum Gasteiger partial charge on any atom is 0.419 e. The molecule has 0 aliphatic rings. The molecule has 0 bridgehead atoms. The van der Waals surface area contributed by atoms with Gasteiger partial charge in [0.1, 0.15) is 5.82 Å². The summed E-state index contributed by atoms with van der Waals surface area (Å²) in [4.78, 5) is 0. The van der Waals surface area contributed by atoms with Crippen LogP contribution < -0.4 is 10.6 Å². The zero-order valence-corrected chi connectivity index (χ0v) is 11.9. The third kappa shape index (κ3) is 6.41. The Bertz CT molecular complexity index is 424. The van der Waals surface area contributed by atoms with Crippen molar-refractivity contribution < 1.29 is 22.3 Å². The number of alkyl halides is 3. The smallest absolute Gasteiger partial charge is 0.383 e. The van der Waals surface area contributed by atoms with Crippen molar-refractivity contribution in [2.24, 2.45) is 0 Å². The van der Waals surface area contributed by atoms with E-state index in [0.717, 1.165) is 25.6 Å². The highest BCUT2D eigenvalue weighted by Gasteiger charge is 2.34. The number of rotatable bonds is 9. The van der Waals surface area contributed by atoms with Crippen LogP contribution in [-0.4, -0.2) is 33.4 Å². The molecule has 0 heterocycles. The molecule has 0 spiro atoms. The molecule has 2 N–H and O–H groups in total. The minimum Gasteiger partial charge on any atom is -0.383 e. The van der Waals surface area contributed by atoms with Crippen molar-refractivity contribution in [1.29, 1.82) is 0 Å². The van der Waals surface area contributed by atoms with Gasteiger partial charge in [0.25, 0.3) is 0 Å². The number of hydrogen-bond acceptors (Lipinski definition) is 3. The maximum absolute atomic E-state index is 13.7. The van der Waals surface area contributed by atoms with E-state index >= 15 is 0 Å². The van der Waals surface area contributed by atoms with E-state index < -0.39 is 17.6 Å². The van der Waals surface area contributed by atoms with Crippen LogP contribution in [0.5, 0.6) is 0 Å². The van der Waals surface area contributed by atoms with Crippen molar-refractivity contribution in [1.82, 2.24) is 10.6 Å². The van der Waals surface area contributed by atoms with Crippen molar-refractivity contribution in [2.45, 2.75) is 19.1 Å². The fourth-order valence-corrected chi connectivity index (χ4v) is 1.80. The highest BCUT2D eigenvalue weighted by atomic mass is 19.4. The molecule has 0 aliphatic carbocycles. The topological polar surface area (TPSA) is 33.3 Å². The van der Waals surface area contributed by atoms with E-state index in [1.165, 1.54) is 12.1 Å². The minimum absolute atomic E-state index is 0.0252. The number of halogens is 4. The second-order valence-corrected chi connectivity index (χ2v) is 4.55. The zero-order chi connectivity index (χ0) is 15.7. The summed E-state index contributed by atoms with van der Waals surface area (Å²) in [7, 11) is 1.62. The molecule has 7 heteroatoms. The van der Waals surface area contributed by atoms with Gasteiger partial charge in [-0.25, -0.2) is 4.39 Å². The predicted molar refractivity (Wildman–Crippen MR) is 72.5 cm³/mol. The van der Waals surface area contributed by atoms with E-state index in [4.69, 9.17) is 4.74 Å². The fourth-order valence-electron chi connectivity index (χ4n) is 1.80. The van der Waals surface area contributed by atoms with E-state index in [1.807, 2.05) is 0 Å². The fraction of sp³-hybridized carbons (Fsp3) is 0.571. The Labute approximate surface area is 121 Å². The van der Waals surface area contributed by atoms with Gasteiger partial charge in [-0.1, -0.05) is 12.1 Å². The number of nitrogens with one attached hydrogen (secondary N) is 2. The SMILES string of the molecule is COCCNCCCNCc1cccc(C(F)(F)F)c1F. The molecule has 0 atom stereocenters. The van der Waals surface area contributed by atoms with Gasteiger partial charge in [-0.2, -0.15) is 13.2 Å². The lowest BCUT2D eigenvalue weighted by Crippen LogP contribution is -2.24. The largest absolute Gasteiger partial charge is 0.419 e. The normalized spacial score (nSPS) is 11.9. The highest BCUT2D eigenvalue weighted by molar-refractivity contribution is 5.28. The Morgan fingerprint density at radius 1 is 1.10 bits per heavy atom. The number of methoxy groups -OCH3 is 1. The van der Waals surface area contributed by atoms with Crippen LogP contribution >= 0.6 is 0 Å². The first-order valence-corrected chi connectivity index (χ1v) is 6.71. The standard InChI is InChI=1S/C14H20F4N2O/c1-21-9-8-19-6-3-7-20-10-11-4-2-5-12(13(11)15)14(16,17)18/h2,4-5,19-20H,3,6-10H2,1H3. The molecule has 0 aromatic heterocycles. The first kappa shape index (κ1) is 17.9. The average Bonchev–Trinajstić information content (AvgIpc) is 2.42. The summed E-state index contributed by atoms with van der Waals surface area (Å²) in [6.45, 7) is 2.81. The molecule has 0 saturated carbocycles. The quantitative estimate of drug-likeness (QED) is 0.543. The van der Waals surface area contributed by atoms with Crippen molar-refractivity contribution in [3.63, 3.8) is 0 Å². The highest BCUT2D eigenvalue weighted by Crippen LogP contribution is 2.32. The Kier molecular flexibility index (Phi) is 7.63. The summed E-state index contributed by atoms with van der Waals surface area (Å²) in [5, 5.41) is 6.07. The molecule has 1 aromatic rings. The Hall–Kier alpha value is -1.18. The number of benzene rings is 1. The zero-order valence-electron chi connectivity index (χ0n) is 11.9. The molecule has 0 amide bonds. The van der Waals surface area contributed by atoms with Crippen LogP contribution in [0.1, 0.15) is 17.5 Å². The second-order valence-electron chi connectivity index (χ2n) is 4.55. The molecular weight excluding hydrogens is 288 g/mol. The summed E-state index contributed by atoms with van der Waals surface area (Å²) in [6, 6.07) is 3.32. The summed E-state index contributed by atoms with van der Waals surface area (Å²) in [6.07, 6.45) is -3.87. The van der Waals surface area contributed by atoms with Crippen LogP contribution in [0.3, 0.4) is 0 Å². The molecule has 0 radical (unpaired) electrons. The van der Waals surface area contributed by atoms with Gasteiger partial charge < -0.3 is 15.4 Å². The molecule has 0 unspecified atom stereocenters. The molecule has 0 fully saturated rings. The summed E-state index contributed by atoms with van der Waals surface area (Å²) >= 11 is 0. The molecule has 0 aliphatic heterocycles. The van der Waals surface area contributed by atoms with Crippen molar-refractivity contribution in [3.8, 4) is 0 Å². The second kappa shape index (κ2) is 8.96. The van der Waals surface area contributed by atoms with Gasteiger partial charge in [0.05, 0.1) is 12.2 Å². The summed E-state index contributed by atoms with van der Waals surface area (Å²) in [5.74, 6) is -1.20. The van der Waals surface area contributed by atoms with E-state index in [1.54, 1.807) is 7.11 Å². The van der Waals surface area contributed by atoms with Crippen molar-refractivity contribution >= 4 is 0 Å². The first-order valence-electron chi connectivity index (χ1n) is 6.71. The van der Waals surface area contributed by atoms with Crippen LogP contribution in [0.25, 0.3) is 0 Å². The average molecular weight is 308 g/mol. The van der Waals surface area contributed by atoms with Gasteiger partial charge in [0.2, 0.25) is 0 Å². The van der Waals surface area contributed by atoms with Crippen LogP contribution in [0.2, 0.25) is 0 Å². The molecule has 120 valence electrons. The predicted octanol–water partition coefficient (Wildman–Crippen LogP) is 2.56. The van der Waals surface area contributed by atoms with Crippen LogP contribution in [0, 0.1) is 5.82 Å². The third-order valence-electron chi connectivity index (χ3n) is 2.89. The van der Waals surface area contributed by atoms with Crippen molar-refractivity contribution in [2.75, 3.05) is 33.4 Å². The lowest BCUT2D eigenvalue weighted by molar-refractivity contribution is -0.140. The van der Waals surface area contributed by atoms with E-state index in [0.29, 0.717) is 13.2 Å². The van der Waals surface area contributed by atoms with Gasteiger partial charge in [0.15, 0.2) is 0 Å². The number of hydrogen-bond donors (Lipinski definition) is 2. The van der Waals surface area contributed by atoms with Gasteiger partial charge in [-0.05, 0) is 25.6 Å². The van der Waals surface area contributed by atoms with E-state index in [2.05, 4.69) is 10.6 Å². The molecule has 1 rings (SSSR count). The third-order valence-corrected chi connectivity index (χ3v) is 2.89. The molecular formula is C14H20F4N2O. The Morgan fingerprint density at radius 2 is 1.81 bits per heavy atom. The Balaban J connectivity index is 2.33. The monoisotopic (exact) mass is 308 g/mol. The van der Waals surface area contributed by atoms with Gasteiger partial charge in [0, 0.05) is 25.8 Å². The van der Waals surface area contributed by atoms with Crippen LogP contribution in [0.4, 0.5) is 17.6 Å². The molecule has 0 saturated heterocycles. The summed E-state index contributed by atoms with van der Waals surface area (Å²) in [5.41, 5.74) is -1.19. The van der Waals surface area contributed by atoms with Crippen molar-refractivity contribution in [3.05, 3.63) is 35.1 Å². The lowest BCUT2D eigenvalue weighted by atomic mass is 10.1. The minimum atomic E-state index is -4.66.